The lowest BCUT2D eigenvalue weighted by Crippen LogP contribution is -2.55. The molecule has 2 heterocycles. The molecular weight excluding hydrogens is 370 g/mol. The van der Waals surface area contributed by atoms with Crippen LogP contribution in [0.2, 0.25) is 0 Å². The number of esters is 1. The van der Waals surface area contributed by atoms with Crippen molar-refractivity contribution in [2.24, 2.45) is 0 Å². The molecule has 6 heteroatoms. The van der Waals surface area contributed by atoms with Gasteiger partial charge in [-0.25, -0.2) is 4.79 Å². The fourth-order valence-electron chi connectivity index (χ4n) is 4.10. The molecule has 148 valence electrons. The van der Waals surface area contributed by atoms with Gasteiger partial charge in [0.05, 0.1) is 13.4 Å². The molecule has 0 aliphatic carbocycles. The van der Waals surface area contributed by atoms with Gasteiger partial charge in [-0.2, -0.15) is 0 Å². The van der Waals surface area contributed by atoms with Gasteiger partial charge >= 0.3 is 5.97 Å². The van der Waals surface area contributed by atoms with Crippen LogP contribution < -0.4 is 4.90 Å². The molecular formula is C23H21NO5. The summed E-state index contributed by atoms with van der Waals surface area (Å²) in [5, 5.41) is 11.5. The Balaban J connectivity index is 1.90. The Labute approximate surface area is 168 Å². The van der Waals surface area contributed by atoms with Gasteiger partial charge < -0.3 is 19.2 Å². The highest BCUT2D eigenvalue weighted by Crippen LogP contribution is 2.46. The van der Waals surface area contributed by atoms with E-state index in [9.17, 15) is 14.7 Å². The second-order valence-electron chi connectivity index (χ2n) is 7.02. The molecule has 3 aromatic rings. The van der Waals surface area contributed by atoms with Crippen molar-refractivity contribution in [2.45, 2.75) is 24.1 Å². The van der Waals surface area contributed by atoms with Gasteiger partial charge in [0.2, 0.25) is 11.5 Å². The number of furan rings is 1. The van der Waals surface area contributed by atoms with Gasteiger partial charge in [-0.1, -0.05) is 48.5 Å². The molecule has 0 amide bonds. The first kappa shape index (κ1) is 19.0. The topological polar surface area (TPSA) is 80.0 Å². The standard InChI is InChI=1S/C23H21NO5/c1-28-22(26)23(27)15-18(16-9-4-2-5-10-16)20(21(25)19-13-8-14-29-19)24(23)17-11-6-3-7-12-17/h2-14,18,20,27H,15H2,1H3/t18-,20+,23-/m0/s1. The zero-order valence-corrected chi connectivity index (χ0v) is 15.9. The number of para-hydroxylation sites is 1. The molecule has 0 bridgehead atoms. The van der Waals surface area contributed by atoms with Crippen molar-refractivity contribution in [1.82, 2.24) is 0 Å². The number of nitrogens with zero attached hydrogens (tertiary/aromatic N) is 1. The molecule has 3 atom stereocenters. The molecule has 6 nitrogen and oxygen atoms in total. The number of Topliss-reactive ketones (excluding diaryl/α,β-unsaturated/α-hetero) is 1. The highest BCUT2D eigenvalue weighted by Gasteiger charge is 2.59. The second-order valence-corrected chi connectivity index (χ2v) is 7.02. The lowest BCUT2D eigenvalue weighted by atomic mass is 9.87. The maximum Gasteiger partial charge on any atom is 0.359 e. The zero-order chi connectivity index (χ0) is 20.4. The van der Waals surface area contributed by atoms with Crippen molar-refractivity contribution in [1.29, 1.82) is 0 Å². The van der Waals surface area contributed by atoms with Crippen LogP contribution in [0.4, 0.5) is 5.69 Å². The number of carbonyl (C=O) groups excluding carboxylic acids is 2. The van der Waals surface area contributed by atoms with E-state index in [4.69, 9.17) is 9.15 Å². The number of carbonyl (C=O) groups is 2. The Morgan fingerprint density at radius 2 is 1.69 bits per heavy atom. The van der Waals surface area contributed by atoms with Crippen LogP contribution in [0.3, 0.4) is 0 Å². The summed E-state index contributed by atoms with van der Waals surface area (Å²) in [5.74, 6) is -1.39. The number of benzene rings is 2. The van der Waals surface area contributed by atoms with E-state index in [2.05, 4.69) is 0 Å². The van der Waals surface area contributed by atoms with Crippen LogP contribution in [0.25, 0.3) is 0 Å². The Hall–Kier alpha value is -3.38. The van der Waals surface area contributed by atoms with Gasteiger partial charge in [0.25, 0.3) is 0 Å². The lowest BCUT2D eigenvalue weighted by Gasteiger charge is -2.36. The largest absolute Gasteiger partial charge is 0.465 e. The number of aliphatic hydroxyl groups is 1. The molecule has 2 aromatic carbocycles. The SMILES string of the molecule is COC(=O)[C@@]1(O)C[C@@H](c2ccccc2)[C@H](C(=O)c2ccco2)N1c1ccccc1. The fourth-order valence-corrected chi connectivity index (χ4v) is 4.10. The number of ether oxygens (including phenoxy) is 1. The highest BCUT2D eigenvalue weighted by atomic mass is 16.5. The summed E-state index contributed by atoms with van der Waals surface area (Å²) < 4.78 is 10.3. The predicted octanol–water partition coefficient (Wildman–Crippen LogP) is 3.39. The van der Waals surface area contributed by atoms with E-state index in [1.807, 2.05) is 36.4 Å². The molecule has 1 aliphatic heterocycles. The van der Waals surface area contributed by atoms with Gasteiger partial charge in [0.1, 0.15) is 6.04 Å². The van der Waals surface area contributed by atoms with Gasteiger partial charge in [0, 0.05) is 18.0 Å². The van der Waals surface area contributed by atoms with Crippen LogP contribution >= 0.6 is 0 Å². The molecule has 29 heavy (non-hydrogen) atoms. The number of methoxy groups -OCH3 is 1. The number of rotatable bonds is 5. The van der Waals surface area contributed by atoms with E-state index in [1.54, 1.807) is 36.4 Å². The zero-order valence-electron chi connectivity index (χ0n) is 15.9. The normalized spacial score (nSPS) is 23.7. The third kappa shape index (κ3) is 3.21. The first-order valence-electron chi connectivity index (χ1n) is 9.34. The molecule has 4 rings (SSSR count). The molecule has 0 spiro atoms. The van der Waals surface area contributed by atoms with Crippen LogP contribution in [-0.2, 0) is 9.53 Å². The predicted molar refractivity (Wildman–Crippen MR) is 107 cm³/mol. The first-order valence-corrected chi connectivity index (χ1v) is 9.34. The summed E-state index contributed by atoms with van der Waals surface area (Å²) in [5.41, 5.74) is -0.606. The fraction of sp³-hybridized carbons (Fsp3) is 0.217. The third-order valence-electron chi connectivity index (χ3n) is 5.37. The summed E-state index contributed by atoms with van der Waals surface area (Å²) in [6.07, 6.45) is 1.44. The van der Waals surface area contributed by atoms with E-state index >= 15 is 0 Å². The van der Waals surface area contributed by atoms with Gasteiger partial charge in [-0.05, 0) is 29.8 Å². The number of ketones is 1. The van der Waals surface area contributed by atoms with Gasteiger partial charge in [-0.3, -0.25) is 4.79 Å². The molecule has 0 saturated carbocycles. The van der Waals surface area contributed by atoms with Crippen molar-refractivity contribution >= 4 is 17.4 Å². The minimum Gasteiger partial charge on any atom is -0.465 e. The Morgan fingerprint density at radius 3 is 2.28 bits per heavy atom. The Morgan fingerprint density at radius 1 is 1.03 bits per heavy atom. The third-order valence-corrected chi connectivity index (χ3v) is 5.37. The molecule has 1 N–H and O–H groups in total. The minimum atomic E-state index is -2.00. The summed E-state index contributed by atoms with van der Waals surface area (Å²) in [7, 11) is 1.22. The second kappa shape index (κ2) is 7.56. The monoisotopic (exact) mass is 391 g/mol. The van der Waals surface area contributed by atoms with E-state index < -0.39 is 23.7 Å². The maximum absolute atomic E-state index is 13.5. The smallest absolute Gasteiger partial charge is 0.359 e. The maximum atomic E-state index is 13.5. The van der Waals surface area contributed by atoms with Crippen LogP contribution in [0.5, 0.6) is 0 Å². The average molecular weight is 391 g/mol. The van der Waals surface area contributed by atoms with E-state index in [0.717, 1.165) is 5.56 Å². The Kier molecular flexibility index (Phi) is 4.94. The van der Waals surface area contributed by atoms with Crippen molar-refractivity contribution in [3.8, 4) is 0 Å². The van der Waals surface area contributed by atoms with E-state index in [1.165, 1.54) is 18.3 Å². The molecule has 1 aliphatic rings. The van der Waals surface area contributed by atoms with Crippen LogP contribution in [0, 0.1) is 0 Å². The molecule has 1 saturated heterocycles. The van der Waals surface area contributed by atoms with Gasteiger partial charge in [-0.15, -0.1) is 0 Å². The van der Waals surface area contributed by atoms with Gasteiger partial charge in [0.15, 0.2) is 5.76 Å². The van der Waals surface area contributed by atoms with Crippen LogP contribution in [0.1, 0.15) is 28.5 Å². The number of anilines is 1. The van der Waals surface area contributed by atoms with E-state index in [-0.39, 0.29) is 18.0 Å². The summed E-state index contributed by atoms with van der Waals surface area (Å²) in [4.78, 5) is 27.6. The number of hydrogen-bond donors (Lipinski definition) is 1. The average Bonchev–Trinajstić information content (AvgIpc) is 3.41. The molecule has 1 fully saturated rings. The number of hydrogen-bond acceptors (Lipinski definition) is 6. The van der Waals surface area contributed by atoms with Crippen molar-refractivity contribution in [3.05, 3.63) is 90.4 Å². The van der Waals surface area contributed by atoms with Crippen LogP contribution in [-0.4, -0.2) is 35.7 Å². The first-order chi connectivity index (χ1) is 14.1. The quantitative estimate of drug-likeness (QED) is 0.531. The van der Waals surface area contributed by atoms with Crippen molar-refractivity contribution in [2.75, 3.05) is 12.0 Å². The molecule has 0 radical (unpaired) electrons. The summed E-state index contributed by atoms with van der Waals surface area (Å²) in [6, 6.07) is 20.7. The minimum absolute atomic E-state index is 0.00962. The Bertz CT molecular complexity index is 987. The van der Waals surface area contributed by atoms with Crippen LogP contribution in [0.15, 0.2) is 83.5 Å². The summed E-state index contributed by atoms with van der Waals surface area (Å²) >= 11 is 0. The highest BCUT2D eigenvalue weighted by molar-refractivity contribution is 6.03. The van der Waals surface area contributed by atoms with E-state index in [0.29, 0.717) is 5.69 Å². The lowest BCUT2D eigenvalue weighted by molar-refractivity contribution is -0.161. The molecule has 0 unspecified atom stereocenters. The molecule has 1 aromatic heterocycles. The summed E-state index contributed by atoms with van der Waals surface area (Å²) in [6.45, 7) is 0. The van der Waals surface area contributed by atoms with Crippen molar-refractivity contribution < 1.29 is 23.8 Å². The van der Waals surface area contributed by atoms with Crippen molar-refractivity contribution in [3.63, 3.8) is 0 Å².